The molecule has 1 aromatic rings. The van der Waals surface area contributed by atoms with Gasteiger partial charge in [0.05, 0.1) is 6.04 Å². The normalized spacial score (nSPS) is 15.2. The van der Waals surface area contributed by atoms with E-state index >= 15 is 0 Å². The summed E-state index contributed by atoms with van der Waals surface area (Å²) in [6.07, 6.45) is 2.36. The molecule has 0 saturated carbocycles. The molecule has 0 aliphatic rings. The molecule has 208 valence electrons. The van der Waals surface area contributed by atoms with E-state index in [1.807, 2.05) is 13.8 Å². The molecule has 0 aliphatic carbocycles. The first-order chi connectivity index (χ1) is 17.4. The van der Waals surface area contributed by atoms with E-state index < -0.39 is 47.8 Å². The Hall–Kier alpha value is -3.18. The van der Waals surface area contributed by atoms with Crippen molar-refractivity contribution < 1.29 is 24.3 Å². The number of phenols is 1. The molecule has 0 saturated heterocycles. The lowest BCUT2D eigenvalue weighted by Crippen LogP contribution is -2.59. The van der Waals surface area contributed by atoms with Crippen LogP contribution >= 0.6 is 0 Å². The minimum atomic E-state index is -1.07. The van der Waals surface area contributed by atoms with Crippen molar-refractivity contribution in [2.45, 2.75) is 84.0 Å². The lowest BCUT2D eigenvalue weighted by molar-refractivity contribution is -0.134. The molecule has 0 unspecified atom stereocenters. The van der Waals surface area contributed by atoms with Crippen molar-refractivity contribution in [1.82, 2.24) is 16.0 Å². The Labute approximate surface area is 219 Å². The van der Waals surface area contributed by atoms with Crippen LogP contribution in [-0.2, 0) is 25.6 Å². The highest BCUT2D eigenvalue weighted by Gasteiger charge is 2.32. The van der Waals surface area contributed by atoms with Crippen LogP contribution in [0.5, 0.6) is 5.75 Å². The molecule has 0 spiro atoms. The van der Waals surface area contributed by atoms with Gasteiger partial charge >= 0.3 is 0 Å². The number of aromatic hydroxyl groups is 1. The standard InChI is InChI=1S/C26H44N6O5/c1-5-16(4)21(28)25(36)32-22(15(2)3)26(37)31-20(14-17-9-11-18(33)12-10-17)24(35)30-19(23(29)34)8-6-7-13-27/h9-12,15-16,19-22,33H,5-8,13-14,27-28H2,1-4H3,(H2,29,34)(H,30,35)(H,31,37)(H,32,36)/t16-,19-,20-,21-,22-/m0/s1. The van der Waals surface area contributed by atoms with Gasteiger partial charge in [0, 0.05) is 6.42 Å². The molecule has 5 atom stereocenters. The molecular formula is C26H44N6O5. The average molecular weight is 521 g/mol. The Morgan fingerprint density at radius 1 is 0.892 bits per heavy atom. The van der Waals surface area contributed by atoms with Crippen LogP contribution in [0.4, 0.5) is 0 Å². The lowest BCUT2D eigenvalue weighted by Gasteiger charge is -2.28. The van der Waals surface area contributed by atoms with Gasteiger partial charge in [0.1, 0.15) is 23.9 Å². The molecule has 0 bridgehead atoms. The van der Waals surface area contributed by atoms with E-state index in [0.29, 0.717) is 37.8 Å². The Morgan fingerprint density at radius 2 is 1.49 bits per heavy atom. The van der Waals surface area contributed by atoms with Gasteiger partial charge in [-0.05, 0) is 55.3 Å². The maximum absolute atomic E-state index is 13.3. The van der Waals surface area contributed by atoms with Gasteiger partial charge in [0.15, 0.2) is 0 Å². The largest absolute Gasteiger partial charge is 0.508 e. The fourth-order valence-electron chi connectivity index (χ4n) is 3.69. The minimum absolute atomic E-state index is 0.0581. The summed E-state index contributed by atoms with van der Waals surface area (Å²) in [5.41, 5.74) is 17.7. The van der Waals surface area contributed by atoms with Gasteiger partial charge < -0.3 is 38.3 Å². The molecule has 11 heteroatoms. The summed E-state index contributed by atoms with van der Waals surface area (Å²) in [7, 11) is 0. The number of nitrogens with two attached hydrogens (primary N) is 3. The van der Waals surface area contributed by atoms with Crippen molar-refractivity contribution in [2.75, 3.05) is 6.54 Å². The van der Waals surface area contributed by atoms with Crippen LogP contribution in [0.15, 0.2) is 24.3 Å². The average Bonchev–Trinajstić information content (AvgIpc) is 2.85. The summed E-state index contributed by atoms with van der Waals surface area (Å²) in [5, 5.41) is 17.7. The summed E-state index contributed by atoms with van der Waals surface area (Å²) in [6, 6.07) is 2.48. The Morgan fingerprint density at radius 3 is 2.00 bits per heavy atom. The molecule has 10 N–H and O–H groups in total. The minimum Gasteiger partial charge on any atom is -0.508 e. The first-order valence-electron chi connectivity index (χ1n) is 12.8. The van der Waals surface area contributed by atoms with E-state index in [1.54, 1.807) is 26.0 Å². The van der Waals surface area contributed by atoms with E-state index in [9.17, 15) is 24.3 Å². The first-order valence-corrected chi connectivity index (χ1v) is 12.8. The van der Waals surface area contributed by atoms with Crippen LogP contribution in [0.1, 0.15) is 58.9 Å². The maximum atomic E-state index is 13.3. The second-order valence-electron chi connectivity index (χ2n) is 9.82. The van der Waals surface area contributed by atoms with Gasteiger partial charge in [0.2, 0.25) is 23.6 Å². The Kier molecular flexibility index (Phi) is 13.6. The van der Waals surface area contributed by atoms with Gasteiger partial charge in [-0.3, -0.25) is 19.2 Å². The number of nitrogens with one attached hydrogen (secondary N) is 3. The van der Waals surface area contributed by atoms with Crippen molar-refractivity contribution in [3.05, 3.63) is 29.8 Å². The smallest absolute Gasteiger partial charge is 0.243 e. The number of primary amides is 1. The highest BCUT2D eigenvalue weighted by molar-refractivity contribution is 5.94. The molecule has 0 aliphatic heterocycles. The van der Waals surface area contributed by atoms with E-state index in [4.69, 9.17) is 17.2 Å². The van der Waals surface area contributed by atoms with Crippen LogP contribution in [-0.4, -0.2) is 59.4 Å². The van der Waals surface area contributed by atoms with Crippen LogP contribution in [0.25, 0.3) is 0 Å². The second-order valence-corrected chi connectivity index (χ2v) is 9.82. The lowest BCUT2D eigenvalue weighted by atomic mass is 9.97. The highest BCUT2D eigenvalue weighted by atomic mass is 16.3. The zero-order valence-electron chi connectivity index (χ0n) is 22.3. The van der Waals surface area contributed by atoms with Gasteiger partial charge in [0.25, 0.3) is 0 Å². The zero-order valence-corrected chi connectivity index (χ0v) is 22.3. The first kappa shape index (κ1) is 31.8. The summed E-state index contributed by atoms with van der Waals surface area (Å²) in [4.78, 5) is 51.1. The van der Waals surface area contributed by atoms with E-state index in [2.05, 4.69) is 16.0 Å². The van der Waals surface area contributed by atoms with Gasteiger partial charge in [-0.1, -0.05) is 46.2 Å². The van der Waals surface area contributed by atoms with Crippen molar-refractivity contribution >= 4 is 23.6 Å². The van der Waals surface area contributed by atoms with Crippen molar-refractivity contribution in [1.29, 1.82) is 0 Å². The maximum Gasteiger partial charge on any atom is 0.243 e. The van der Waals surface area contributed by atoms with Crippen molar-refractivity contribution in [2.24, 2.45) is 29.0 Å². The van der Waals surface area contributed by atoms with Crippen LogP contribution < -0.4 is 33.2 Å². The summed E-state index contributed by atoms with van der Waals surface area (Å²) in [5.74, 6) is -2.60. The molecule has 37 heavy (non-hydrogen) atoms. The molecule has 4 amide bonds. The van der Waals surface area contributed by atoms with Crippen molar-refractivity contribution in [3.8, 4) is 5.75 Å². The molecule has 1 rings (SSSR count). The topological polar surface area (TPSA) is 203 Å². The monoisotopic (exact) mass is 520 g/mol. The summed E-state index contributed by atoms with van der Waals surface area (Å²) in [6.45, 7) is 7.77. The third-order valence-electron chi connectivity index (χ3n) is 6.42. The quantitative estimate of drug-likeness (QED) is 0.149. The molecule has 0 fully saturated rings. The number of phenolic OH excluding ortho intramolecular Hbond substituents is 1. The fourth-order valence-corrected chi connectivity index (χ4v) is 3.69. The van der Waals surface area contributed by atoms with Gasteiger partial charge in [-0.15, -0.1) is 0 Å². The highest BCUT2D eigenvalue weighted by Crippen LogP contribution is 2.13. The second kappa shape index (κ2) is 15.8. The SMILES string of the molecule is CC[C@H](C)[C@H](N)C(=O)N[C@H](C(=O)N[C@@H](Cc1ccc(O)cc1)C(=O)N[C@@H](CCCCN)C(N)=O)C(C)C. The predicted octanol–water partition coefficient (Wildman–Crippen LogP) is 0.0328. The van der Waals surface area contributed by atoms with E-state index in [0.717, 1.165) is 0 Å². The summed E-state index contributed by atoms with van der Waals surface area (Å²) < 4.78 is 0. The summed E-state index contributed by atoms with van der Waals surface area (Å²) >= 11 is 0. The van der Waals surface area contributed by atoms with Gasteiger partial charge in [-0.25, -0.2) is 0 Å². The number of amides is 4. The molecule has 11 nitrogen and oxygen atoms in total. The zero-order chi connectivity index (χ0) is 28.1. The molecule has 0 radical (unpaired) electrons. The van der Waals surface area contributed by atoms with Crippen LogP contribution in [0.2, 0.25) is 0 Å². The van der Waals surface area contributed by atoms with Crippen molar-refractivity contribution in [3.63, 3.8) is 0 Å². The molecule has 0 heterocycles. The Bertz CT molecular complexity index is 892. The number of benzene rings is 1. The van der Waals surface area contributed by atoms with Crippen LogP contribution in [0.3, 0.4) is 0 Å². The third kappa shape index (κ3) is 10.8. The fraction of sp³-hybridized carbons (Fsp3) is 0.615. The van der Waals surface area contributed by atoms with Crippen LogP contribution in [0, 0.1) is 11.8 Å². The van der Waals surface area contributed by atoms with E-state index in [1.165, 1.54) is 12.1 Å². The molecular weight excluding hydrogens is 476 g/mol. The third-order valence-corrected chi connectivity index (χ3v) is 6.42. The van der Waals surface area contributed by atoms with E-state index in [-0.39, 0.29) is 24.0 Å². The number of unbranched alkanes of at least 4 members (excludes halogenated alkanes) is 1. The predicted molar refractivity (Wildman–Crippen MR) is 142 cm³/mol. The number of carbonyl (C=O) groups excluding carboxylic acids is 4. The number of rotatable bonds is 16. The molecule has 1 aromatic carbocycles. The Balaban J connectivity index is 3.12. The number of carbonyl (C=O) groups is 4. The number of hydrogen-bond acceptors (Lipinski definition) is 7. The van der Waals surface area contributed by atoms with Gasteiger partial charge in [-0.2, -0.15) is 0 Å². The number of hydrogen-bond donors (Lipinski definition) is 7. The molecule has 0 aromatic heterocycles.